The molecule has 2 aromatic rings. The van der Waals surface area contributed by atoms with Gasteiger partial charge in [0.2, 0.25) is 0 Å². The highest BCUT2D eigenvalue weighted by atomic mass is 32.2. The van der Waals surface area contributed by atoms with Crippen LogP contribution in [0.3, 0.4) is 0 Å². The van der Waals surface area contributed by atoms with Crippen LogP contribution in [0.15, 0.2) is 47.9 Å². The van der Waals surface area contributed by atoms with Gasteiger partial charge in [0.15, 0.2) is 5.03 Å². The van der Waals surface area contributed by atoms with Crippen LogP contribution in [0.2, 0.25) is 0 Å². The zero-order valence-electron chi connectivity index (χ0n) is 12.0. The first-order valence-electron chi connectivity index (χ1n) is 6.73. The fourth-order valence-electron chi connectivity index (χ4n) is 2.05. The first-order valence-corrected chi connectivity index (χ1v) is 8.21. The Morgan fingerprint density at radius 1 is 1.36 bits per heavy atom. The molecule has 0 saturated heterocycles. The standard InChI is InChI=1S/C14H17N3O4S/c1-2-17-10-15-9-13(17)22(20,21)16-12(14(18)19)8-11-6-4-3-5-7-11/h3-7,9-10,12,16H,2,8H2,1H3,(H,18,19)/t12-/m1/s1. The summed E-state index contributed by atoms with van der Waals surface area (Å²) >= 11 is 0. The number of rotatable bonds is 7. The Balaban J connectivity index is 2.22. The summed E-state index contributed by atoms with van der Waals surface area (Å²) in [6, 6.07) is 7.61. The van der Waals surface area contributed by atoms with Crippen LogP contribution < -0.4 is 4.72 Å². The van der Waals surface area contributed by atoms with E-state index in [0.29, 0.717) is 6.54 Å². The minimum absolute atomic E-state index is 0.0469. The van der Waals surface area contributed by atoms with E-state index in [1.54, 1.807) is 31.2 Å². The monoisotopic (exact) mass is 323 g/mol. The van der Waals surface area contributed by atoms with E-state index in [9.17, 15) is 18.3 Å². The molecule has 8 heteroatoms. The summed E-state index contributed by atoms with van der Waals surface area (Å²) in [5.41, 5.74) is 0.738. The van der Waals surface area contributed by atoms with Gasteiger partial charge in [0, 0.05) is 6.54 Å². The molecule has 0 amide bonds. The van der Waals surface area contributed by atoms with Gasteiger partial charge in [-0.15, -0.1) is 0 Å². The van der Waals surface area contributed by atoms with Gasteiger partial charge >= 0.3 is 5.97 Å². The van der Waals surface area contributed by atoms with Crippen LogP contribution in [-0.2, 0) is 27.8 Å². The molecule has 1 aromatic heterocycles. The van der Waals surface area contributed by atoms with Gasteiger partial charge in [0.1, 0.15) is 6.04 Å². The summed E-state index contributed by atoms with van der Waals surface area (Å²) in [7, 11) is -3.95. The van der Waals surface area contributed by atoms with Crippen LogP contribution in [0.25, 0.3) is 0 Å². The average Bonchev–Trinajstić information content (AvgIpc) is 2.97. The third-order valence-electron chi connectivity index (χ3n) is 3.17. The van der Waals surface area contributed by atoms with Crippen LogP contribution >= 0.6 is 0 Å². The first kappa shape index (κ1) is 16.2. The second-order valence-electron chi connectivity index (χ2n) is 4.72. The van der Waals surface area contributed by atoms with Crippen LogP contribution in [0.5, 0.6) is 0 Å². The zero-order valence-corrected chi connectivity index (χ0v) is 12.8. The molecule has 0 spiro atoms. The summed E-state index contributed by atoms with van der Waals surface area (Å²) < 4.78 is 28.4. The van der Waals surface area contributed by atoms with E-state index >= 15 is 0 Å². The lowest BCUT2D eigenvalue weighted by Gasteiger charge is -2.15. The lowest BCUT2D eigenvalue weighted by Crippen LogP contribution is -2.42. The molecule has 1 heterocycles. The molecule has 0 unspecified atom stereocenters. The number of carbonyl (C=O) groups is 1. The molecule has 0 saturated carbocycles. The fourth-order valence-corrected chi connectivity index (χ4v) is 3.41. The minimum atomic E-state index is -3.95. The predicted molar refractivity (Wildman–Crippen MR) is 79.8 cm³/mol. The molecule has 0 aliphatic carbocycles. The average molecular weight is 323 g/mol. The highest BCUT2D eigenvalue weighted by molar-refractivity contribution is 7.89. The number of benzene rings is 1. The predicted octanol–water partition coefficient (Wildman–Crippen LogP) is 0.877. The van der Waals surface area contributed by atoms with Crippen LogP contribution in [0, 0.1) is 0 Å². The highest BCUT2D eigenvalue weighted by Gasteiger charge is 2.27. The van der Waals surface area contributed by atoms with E-state index in [0.717, 1.165) is 5.56 Å². The molecule has 7 nitrogen and oxygen atoms in total. The molecule has 118 valence electrons. The van der Waals surface area contributed by atoms with Crippen molar-refractivity contribution in [2.75, 3.05) is 0 Å². The molecule has 22 heavy (non-hydrogen) atoms. The molecule has 0 aliphatic rings. The minimum Gasteiger partial charge on any atom is -0.480 e. The van der Waals surface area contributed by atoms with Gasteiger partial charge in [-0.3, -0.25) is 4.79 Å². The number of hydrogen-bond donors (Lipinski definition) is 2. The summed E-state index contributed by atoms with van der Waals surface area (Å²) in [4.78, 5) is 15.1. The van der Waals surface area contributed by atoms with Crippen molar-refractivity contribution in [2.24, 2.45) is 0 Å². The van der Waals surface area contributed by atoms with Crippen molar-refractivity contribution in [3.05, 3.63) is 48.4 Å². The third-order valence-corrected chi connectivity index (χ3v) is 4.65. The van der Waals surface area contributed by atoms with E-state index in [2.05, 4.69) is 9.71 Å². The lowest BCUT2D eigenvalue weighted by atomic mass is 10.1. The van der Waals surface area contributed by atoms with Crippen LogP contribution in [0.4, 0.5) is 0 Å². The van der Waals surface area contributed by atoms with Crippen molar-refractivity contribution >= 4 is 16.0 Å². The number of carboxylic acid groups (broad SMARTS) is 1. The summed E-state index contributed by atoms with van der Waals surface area (Å²) in [6.45, 7) is 2.20. The molecule has 0 bridgehead atoms. The topological polar surface area (TPSA) is 101 Å². The number of hydrogen-bond acceptors (Lipinski definition) is 4. The zero-order chi connectivity index (χ0) is 16.2. The van der Waals surface area contributed by atoms with Gasteiger partial charge in [-0.1, -0.05) is 30.3 Å². The highest BCUT2D eigenvalue weighted by Crippen LogP contribution is 2.11. The van der Waals surface area contributed by atoms with Crippen LogP contribution in [0.1, 0.15) is 12.5 Å². The van der Waals surface area contributed by atoms with Gasteiger partial charge in [0.25, 0.3) is 10.0 Å². The molecule has 1 atom stereocenters. The van der Waals surface area contributed by atoms with Gasteiger partial charge in [0.05, 0.1) is 12.5 Å². The van der Waals surface area contributed by atoms with Crippen molar-refractivity contribution in [2.45, 2.75) is 31.0 Å². The largest absolute Gasteiger partial charge is 0.480 e. The molecule has 0 aliphatic heterocycles. The van der Waals surface area contributed by atoms with Gasteiger partial charge < -0.3 is 9.67 Å². The maximum atomic E-state index is 12.3. The first-order chi connectivity index (χ1) is 10.4. The fraction of sp³-hybridized carbons (Fsp3) is 0.286. The van der Waals surface area contributed by atoms with Gasteiger partial charge in [-0.2, -0.15) is 4.72 Å². The van der Waals surface area contributed by atoms with E-state index in [-0.39, 0.29) is 11.4 Å². The number of sulfonamides is 1. The molecule has 0 fully saturated rings. The van der Waals surface area contributed by atoms with Crippen molar-refractivity contribution in [3.63, 3.8) is 0 Å². The second kappa shape index (κ2) is 6.71. The number of imidazole rings is 1. The van der Waals surface area contributed by atoms with Crippen molar-refractivity contribution in [3.8, 4) is 0 Å². The smallest absolute Gasteiger partial charge is 0.322 e. The van der Waals surface area contributed by atoms with Crippen molar-refractivity contribution in [1.29, 1.82) is 0 Å². The second-order valence-corrected chi connectivity index (χ2v) is 6.38. The number of nitrogens with one attached hydrogen (secondary N) is 1. The van der Waals surface area contributed by atoms with E-state index in [4.69, 9.17) is 0 Å². The number of aryl methyl sites for hydroxylation is 1. The quantitative estimate of drug-likeness (QED) is 0.787. The summed E-state index contributed by atoms with van der Waals surface area (Å²) in [5.74, 6) is -1.23. The third kappa shape index (κ3) is 3.71. The maximum absolute atomic E-state index is 12.3. The molecule has 2 rings (SSSR count). The Morgan fingerprint density at radius 2 is 2.05 bits per heavy atom. The van der Waals surface area contributed by atoms with Gasteiger partial charge in [-0.05, 0) is 18.9 Å². The maximum Gasteiger partial charge on any atom is 0.322 e. The Kier molecular flexibility index (Phi) is 4.94. The lowest BCUT2D eigenvalue weighted by molar-refractivity contribution is -0.138. The van der Waals surface area contributed by atoms with E-state index in [1.807, 2.05) is 6.07 Å². The van der Waals surface area contributed by atoms with Gasteiger partial charge in [-0.25, -0.2) is 13.4 Å². The SMILES string of the molecule is CCn1cncc1S(=O)(=O)N[C@H](Cc1ccccc1)C(=O)O. The molecular weight excluding hydrogens is 306 g/mol. The molecular formula is C14H17N3O4S. The van der Waals surface area contributed by atoms with Crippen molar-refractivity contribution in [1.82, 2.24) is 14.3 Å². The number of nitrogens with zero attached hydrogens (tertiary/aromatic N) is 2. The molecule has 0 radical (unpaired) electrons. The number of carboxylic acids is 1. The Labute approximate surface area is 128 Å². The summed E-state index contributed by atoms with van der Waals surface area (Å²) in [6.07, 6.45) is 2.66. The van der Waals surface area contributed by atoms with Crippen molar-refractivity contribution < 1.29 is 18.3 Å². The Morgan fingerprint density at radius 3 is 2.64 bits per heavy atom. The van der Waals surface area contributed by atoms with E-state index < -0.39 is 22.0 Å². The summed E-state index contributed by atoms with van der Waals surface area (Å²) in [5, 5.41) is 9.23. The Bertz CT molecular complexity index is 740. The number of aliphatic carboxylic acids is 1. The molecule has 1 aromatic carbocycles. The van der Waals surface area contributed by atoms with E-state index in [1.165, 1.54) is 17.1 Å². The molecule has 2 N–H and O–H groups in total. The number of aromatic nitrogens is 2. The Hall–Kier alpha value is -2.19. The normalized spacial score (nSPS) is 13.0. The van der Waals surface area contributed by atoms with Crippen LogP contribution in [-0.4, -0.2) is 35.1 Å².